The van der Waals surface area contributed by atoms with Crippen molar-refractivity contribution in [3.05, 3.63) is 0 Å². The molecule has 0 aromatic carbocycles. The molecule has 0 aromatic rings. The molecule has 0 rings (SSSR count). The molecule has 0 amide bonds. The van der Waals surface area contributed by atoms with Crippen LogP contribution in [0.5, 0.6) is 0 Å². The Bertz CT molecular complexity index is 333. The molecule has 8 heteroatoms. The van der Waals surface area contributed by atoms with E-state index >= 15 is 0 Å². The van der Waals surface area contributed by atoms with Crippen molar-refractivity contribution in [3.8, 4) is 0 Å². The minimum Gasteiger partial charge on any atom is -0.242 e. The lowest BCUT2D eigenvalue weighted by Gasteiger charge is -2.17. The van der Waals surface area contributed by atoms with Gasteiger partial charge in [-0.05, 0) is 6.92 Å². The summed E-state index contributed by atoms with van der Waals surface area (Å²) in [5.74, 6) is -1.84. The summed E-state index contributed by atoms with van der Waals surface area (Å²) in [5, 5.41) is 4.58. The van der Waals surface area contributed by atoms with Gasteiger partial charge in [0, 0.05) is 6.26 Å². The molecule has 5 nitrogen and oxygen atoms in total. The predicted octanol–water partition coefficient (Wildman–Crippen LogP) is -0.952. The van der Waals surface area contributed by atoms with Gasteiger partial charge < -0.3 is 0 Å². The first kappa shape index (κ1) is 12.8. The van der Waals surface area contributed by atoms with Gasteiger partial charge in [-0.1, -0.05) is 0 Å². The van der Waals surface area contributed by atoms with Gasteiger partial charge in [0.2, 0.25) is 10.0 Å². The Balaban J connectivity index is 4.62. The Kier molecular flexibility index (Phi) is 3.45. The van der Waals surface area contributed by atoms with Gasteiger partial charge in [0.15, 0.2) is 9.84 Å². The Morgan fingerprint density at radius 3 is 1.85 bits per heavy atom. The minimum absolute atomic E-state index is 0.827. The molecule has 0 fully saturated rings. The quantitative estimate of drug-likeness (QED) is 0.677. The third-order valence-corrected chi connectivity index (χ3v) is 3.20. The second-order valence-corrected chi connectivity index (χ2v) is 7.05. The maximum Gasteiger partial charge on any atom is 0.212 e. The summed E-state index contributed by atoms with van der Waals surface area (Å²) in [7, 11) is -7.54. The summed E-state index contributed by atoms with van der Waals surface area (Å²) in [5.41, 5.74) is -2.33. The van der Waals surface area contributed by atoms with E-state index in [-0.39, 0.29) is 0 Å². The van der Waals surface area contributed by atoms with Gasteiger partial charge in [0.25, 0.3) is 0 Å². The smallest absolute Gasteiger partial charge is 0.212 e. The highest BCUT2D eigenvalue weighted by Crippen LogP contribution is 2.14. The molecule has 80 valence electrons. The van der Waals surface area contributed by atoms with Crippen LogP contribution in [0.15, 0.2) is 0 Å². The molecular formula is C5H12FNO4S2. The number of nitrogens with two attached hydrogens (primary N) is 1. The van der Waals surface area contributed by atoms with Crippen molar-refractivity contribution >= 4 is 19.9 Å². The summed E-state index contributed by atoms with van der Waals surface area (Å²) in [4.78, 5) is 0. The summed E-state index contributed by atoms with van der Waals surface area (Å²) >= 11 is 0. The number of alkyl halides is 1. The molecule has 0 aliphatic carbocycles. The molecular weight excluding hydrogens is 221 g/mol. The molecule has 1 atom stereocenters. The minimum atomic E-state index is -3.99. The van der Waals surface area contributed by atoms with E-state index in [1.807, 2.05) is 0 Å². The molecule has 0 heterocycles. The Morgan fingerprint density at radius 2 is 1.62 bits per heavy atom. The van der Waals surface area contributed by atoms with Crippen LogP contribution in [0.25, 0.3) is 0 Å². The van der Waals surface area contributed by atoms with Crippen LogP contribution in [0.3, 0.4) is 0 Å². The highest BCUT2D eigenvalue weighted by Gasteiger charge is 2.32. The van der Waals surface area contributed by atoms with Gasteiger partial charge in [-0.25, -0.2) is 26.4 Å². The Labute approximate surface area is 77.1 Å². The van der Waals surface area contributed by atoms with E-state index in [0.29, 0.717) is 0 Å². The third kappa shape index (κ3) is 8.13. The van der Waals surface area contributed by atoms with Crippen LogP contribution in [-0.2, 0) is 19.9 Å². The normalized spacial score (nSPS) is 18.2. The monoisotopic (exact) mass is 233 g/mol. The van der Waals surface area contributed by atoms with Gasteiger partial charge in [-0.15, -0.1) is 0 Å². The molecule has 13 heavy (non-hydrogen) atoms. The van der Waals surface area contributed by atoms with Gasteiger partial charge in [-0.2, -0.15) is 0 Å². The van der Waals surface area contributed by atoms with Crippen molar-refractivity contribution in [2.24, 2.45) is 5.14 Å². The highest BCUT2D eigenvalue weighted by atomic mass is 32.2. The molecule has 0 aliphatic rings. The molecule has 0 bridgehead atoms. The van der Waals surface area contributed by atoms with E-state index in [2.05, 4.69) is 5.14 Å². The number of hydrogen-bond acceptors (Lipinski definition) is 4. The number of halogens is 1. The maximum absolute atomic E-state index is 13.2. The number of sulfone groups is 1. The van der Waals surface area contributed by atoms with Crippen LogP contribution in [0, 0.1) is 0 Å². The zero-order chi connectivity index (χ0) is 10.9. The fourth-order valence-corrected chi connectivity index (χ4v) is 3.27. The molecule has 0 saturated heterocycles. The van der Waals surface area contributed by atoms with Gasteiger partial charge in [0.1, 0.15) is 5.67 Å². The van der Waals surface area contributed by atoms with Crippen LogP contribution in [0.2, 0.25) is 0 Å². The maximum atomic E-state index is 13.2. The topological polar surface area (TPSA) is 94.3 Å². The van der Waals surface area contributed by atoms with Crippen molar-refractivity contribution < 1.29 is 21.2 Å². The molecule has 0 spiro atoms. The summed E-state index contributed by atoms with van der Waals surface area (Å²) in [6.45, 7) is 0.887. The van der Waals surface area contributed by atoms with Gasteiger partial charge in [0.05, 0.1) is 11.5 Å². The number of rotatable bonds is 4. The molecule has 1 unspecified atom stereocenters. The number of sulfonamides is 1. The first-order valence-corrected chi connectivity index (χ1v) is 7.06. The van der Waals surface area contributed by atoms with E-state index < -0.39 is 37.0 Å². The zero-order valence-electron chi connectivity index (χ0n) is 7.32. The van der Waals surface area contributed by atoms with E-state index in [0.717, 1.165) is 13.2 Å². The van der Waals surface area contributed by atoms with E-state index in [4.69, 9.17) is 0 Å². The fraction of sp³-hybridized carbons (Fsp3) is 1.00. The second kappa shape index (κ2) is 3.50. The van der Waals surface area contributed by atoms with Crippen LogP contribution < -0.4 is 5.14 Å². The molecule has 0 aliphatic heterocycles. The highest BCUT2D eigenvalue weighted by molar-refractivity contribution is 7.91. The third-order valence-electron chi connectivity index (χ3n) is 1.07. The fourth-order valence-electron chi connectivity index (χ4n) is 1.01. The van der Waals surface area contributed by atoms with E-state index in [9.17, 15) is 21.2 Å². The largest absolute Gasteiger partial charge is 0.242 e. The lowest BCUT2D eigenvalue weighted by molar-refractivity contribution is 0.252. The summed E-state index contributed by atoms with van der Waals surface area (Å²) in [6.07, 6.45) is 0.827. The molecule has 0 radical (unpaired) electrons. The van der Waals surface area contributed by atoms with Crippen LogP contribution in [-0.4, -0.2) is 40.3 Å². The van der Waals surface area contributed by atoms with Crippen molar-refractivity contribution in [3.63, 3.8) is 0 Å². The van der Waals surface area contributed by atoms with Crippen molar-refractivity contribution in [2.45, 2.75) is 12.6 Å². The lowest BCUT2D eigenvalue weighted by Crippen LogP contribution is -2.38. The van der Waals surface area contributed by atoms with Crippen LogP contribution >= 0.6 is 0 Å². The first-order chi connectivity index (χ1) is 5.41. The van der Waals surface area contributed by atoms with Crippen molar-refractivity contribution in [2.75, 3.05) is 17.8 Å². The van der Waals surface area contributed by atoms with Crippen LogP contribution in [0.1, 0.15) is 6.92 Å². The van der Waals surface area contributed by atoms with Gasteiger partial charge >= 0.3 is 0 Å². The number of hydrogen-bond donors (Lipinski definition) is 1. The molecule has 0 aromatic heterocycles. The predicted molar refractivity (Wildman–Crippen MR) is 47.2 cm³/mol. The summed E-state index contributed by atoms with van der Waals surface area (Å²) < 4.78 is 55.5. The van der Waals surface area contributed by atoms with Crippen molar-refractivity contribution in [1.82, 2.24) is 0 Å². The molecule has 0 saturated carbocycles. The lowest BCUT2D eigenvalue weighted by atomic mass is 10.2. The molecule has 2 N–H and O–H groups in total. The Hall–Kier alpha value is -0.210. The van der Waals surface area contributed by atoms with Gasteiger partial charge in [-0.3, -0.25) is 0 Å². The standard InChI is InChI=1S/C5H12FNO4S2/c1-5(6,3-12(2,8)9)4-13(7,10)11/h3-4H2,1-2H3,(H2,7,10,11). The van der Waals surface area contributed by atoms with Crippen molar-refractivity contribution in [1.29, 1.82) is 0 Å². The van der Waals surface area contributed by atoms with Crippen LogP contribution in [0.4, 0.5) is 4.39 Å². The summed E-state index contributed by atoms with van der Waals surface area (Å²) in [6, 6.07) is 0. The Morgan fingerprint density at radius 1 is 1.23 bits per heavy atom. The van der Waals surface area contributed by atoms with E-state index in [1.165, 1.54) is 0 Å². The second-order valence-electron chi connectivity index (χ2n) is 3.29. The van der Waals surface area contributed by atoms with E-state index in [1.54, 1.807) is 0 Å². The average Bonchev–Trinajstić information content (AvgIpc) is 1.43. The number of primary sulfonamides is 1. The SMILES string of the molecule is CC(F)(CS(C)(=O)=O)CS(N)(=O)=O. The average molecular weight is 233 g/mol. The zero-order valence-corrected chi connectivity index (χ0v) is 8.95. The first-order valence-electron chi connectivity index (χ1n) is 3.28.